The van der Waals surface area contributed by atoms with E-state index in [2.05, 4.69) is 15.3 Å². The Morgan fingerprint density at radius 3 is 2.80 bits per heavy atom. The van der Waals surface area contributed by atoms with E-state index < -0.39 is 5.97 Å². The van der Waals surface area contributed by atoms with Crippen molar-refractivity contribution in [2.24, 2.45) is 0 Å². The Balaban J connectivity index is 2.07. The summed E-state index contributed by atoms with van der Waals surface area (Å²) in [5, 5.41) is 11.9. The molecule has 0 saturated heterocycles. The summed E-state index contributed by atoms with van der Waals surface area (Å²) in [7, 11) is 0. The van der Waals surface area contributed by atoms with Gasteiger partial charge in [0.05, 0.1) is 12.4 Å². The molecule has 2 N–H and O–H groups in total. The fourth-order valence-corrected chi connectivity index (χ4v) is 1.82. The molecule has 0 amide bonds. The van der Waals surface area contributed by atoms with E-state index in [9.17, 15) is 4.79 Å². The number of aromatic carboxylic acids is 1. The van der Waals surface area contributed by atoms with Gasteiger partial charge in [-0.1, -0.05) is 12.8 Å². The number of anilines is 1. The van der Waals surface area contributed by atoms with E-state index in [-0.39, 0.29) is 5.69 Å². The third-order valence-electron chi connectivity index (χ3n) is 2.56. The maximum Gasteiger partial charge on any atom is 0.356 e. The van der Waals surface area contributed by atoms with Crippen molar-refractivity contribution in [2.45, 2.75) is 31.7 Å². The van der Waals surface area contributed by atoms with Crippen LogP contribution < -0.4 is 5.32 Å². The Morgan fingerprint density at radius 2 is 2.13 bits per heavy atom. The fraction of sp³-hybridized carbons (Fsp3) is 0.500. The van der Waals surface area contributed by atoms with Gasteiger partial charge in [0.25, 0.3) is 0 Å². The van der Waals surface area contributed by atoms with Gasteiger partial charge in [-0.15, -0.1) is 0 Å². The van der Waals surface area contributed by atoms with Crippen molar-refractivity contribution >= 4 is 11.8 Å². The second-order valence-corrected chi connectivity index (χ2v) is 3.72. The molecular formula is C10H13N3O2. The predicted molar refractivity (Wildman–Crippen MR) is 54.9 cm³/mol. The molecule has 5 nitrogen and oxygen atoms in total. The normalized spacial score (nSPS) is 16.5. The van der Waals surface area contributed by atoms with Gasteiger partial charge in [0.2, 0.25) is 0 Å². The van der Waals surface area contributed by atoms with E-state index in [4.69, 9.17) is 5.11 Å². The van der Waals surface area contributed by atoms with Crippen molar-refractivity contribution in [3.05, 3.63) is 18.1 Å². The summed E-state index contributed by atoms with van der Waals surface area (Å²) in [6.07, 6.45) is 7.51. The van der Waals surface area contributed by atoms with E-state index in [1.165, 1.54) is 19.0 Å². The van der Waals surface area contributed by atoms with E-state index >= 15 is 0 Å². The van der Waals surface area contributed by atoms with Crippen LogP contribution in [0.25, 0.3) is 0 Å². The smallest absolute Gasteiger partial charge is 0.356 e. The van der Waals surface area contributed by atoms with Gasteiger partial charge < -0.3 is 10.4 Å². The first kappa shape index (κ1) is 9.89. The molecule has 1 aromatic heterocycles. The maximum absolute atomic E-state index is 10.7. The van der Waals surface area contributed by atoms with E-state index in [0.717, 1.165) is 12.8 Å². The number of rotatable bonds is 3. The van der Waals surface area contributed by atoms with Crippen molar-refractivity contribution in [1.82, 2.24) is 9.97 Å². The number of carboxylic acid groups (broad SMARTS) is 1. The summed E-state index contributed by atoms with van der Waals surface area (Å²) in [6, 6.07) is 0.420. The van der Waals surface area contributed by atoms with Crippen LogP contribution in [0.3, 0.4) is 0 Å². The maximum atomic E-state index is 10.7. The molecule has 0 unspecified atom stereocenters. The van der Waals surface area contributed by atoms with Gasteiger partial charge >= 0.3 is 5.97 Å². The molecule has 80 valence electrons. The highest BCUT2D eigenvalue weighted by atomic mass is 16.4. The fourth-order valence-electron chi connectivity index (χ4n) is 1.82. The molecule has 0 aliphatic heterocycles. The molecule has 5 heteroatoms. The lowest BCUT2D eigenvalue weighted by Crippen LogP contribution is -2.16. The van der Waals surface area contributed by atoms with Crippen molar-refractivity contribution < 1.29 is 9.90 Å². The van der Waals surface area contributed by atoms with Gasteiger partial charge in [-0.2, -0.15) is 0 Å². The predicted octanol–water partition coefficient (Wildman–Crippen LogP) is 1.53. The van der Waals surface area contributed by atoms with Crippen LogP contribution in [0.15, 0.2) is 12.4 Å². The van der Waals surface area contributed by atoms with Crippen molar-refractivity contribution in [2.75, 3.05) is 5.32 Å². The SMILES string of the molecule is O=C(O)c1cncc(NC2CCCC2)n1. The number of aromatic nitrogens is 2. The zero-order valence-corrected chi connectivity index (χ0v) is 8.31. The number of nitrogens with zero attached hydrogens (tertiary/aromatic N) is 2. The molecule has 1 aliphatic carbocycles. The molecule has 0 bridgehead atoms. The molecular weight excluding hydrogens is 194 g/mol. The minimum absolute atomic E-state index is 0.0157. The summed E-state index contributed by atoms with van der Waals surface area (Å²) in [4.78, 5) is 18.5. The third kappa shape index (κ3) is 2.43. The van der Waals surface area contributed by atoms with Gasteiger partial charge in [-0.25, -0.2) is 9.78 Å². The first-order valence-electron chi connectivity index (χ1n) is 5.07. The lowest BCUT2D eigenvalue weighted by molar-refractivity contribution is 0.0690. The quantitative estimate of drug-likeness (QED) is 0.786. The summed E-state index contributed by atoms with van der Waals surface area (Å²) in [6.45, 7) is 0. The lowest BCUT2D eigenvalue weighted by atomic mass is 10.2. The Morgan fingerprint density at radius 1 is 1.40 bits per heavy atom. The topological polar surface area (TPSA) is 75.1 Å². The molecule has 2 rings (SSSR count). The van der Waals surface area contributed by atoms with Crippen LogP contribution in [0.1, 0.15) is 36.2 Å². The number of nitrogens with one attached hydrogen (secondary N) is 1. The second kappa shape index (κ2) is 4.25. The van der Waals surface area contributed by atoms with Gasteiger partial charge in [-0.05, 0) is 12.8 Å². The monoisotopic (exact) mass is 207 g/mol. The molecule has 1 heterocycles. The van der Waals surface area contributed by atoms with Gasteiger partial charge in [0.15, 0.2) is 5.69 Å². The zero-order valence-electron chi connectivity index (χ0n) is 8.31. The average molecular weight is 207 g/mol. The average Bonchev–Trinajstić information content (AvgIpc) is 2.71. The third-order valence-corrected chi connectivity index (χ3v) is 2.56. The highest BCUT2D eigenvalue weighted by molar-refractivity contribution is 5.85. The van der Waals surface area contributed by atoms with Crippen LogP contribution >= 0.6 is 0 Å². The van der Waals surface area contributed by atoms with Crippen LogP contribution in [0.4, 0.5) is 5.82 Å². The minimum Gasteiger partial charge on any atom is -0.476 e. The van der Waals surface area contributed by atoms with Crippen LogP contribution in [-0.2, 0) is 0 Å². The summed E-state index contributed by atoms with van der Waals surface area (Å²) >= 11 is 0. The Hall–Kier alpha value is -1.65. The van der Waals surface area contributed by atoms with Crippen molar-refractivity contribution in [1.29, 1.82) is 0 Å². The molecule has 0 atom stereocenters. The highest BCUT2D eigenvalue weighted by Gasteiger charge is 2.15. The molecule has 0 radical (unpaired) electrons. The minimum atomic E-state index is -1.04. The summed E-state index contributed by atoms with van der Waals surface area (Å²) in [5.41, 5.74) is -0.0157. The largest absolute Gasteiger partial charge is 0.476 e. The number of carbonyl (C=O) groups is 1. The van der Waals surface area contributed by atoms with E-state index in [1.54, 1.807) is 6.20 Å². The summed E-state index contributed by atoms with van der Waals surface area (Å²) in [5.74, 6) is -0.487. The number of carboxylic acids is 1. The van der Waals surface area contributed by atoms with Gasteiger partial charge in [0.1, 0.15) is 5.82 Å². The molecule has 15 heavy (non-hydrogen) atoms. The first-order valence-corrected chi connectivity index (χ1v) is 5.07. The Kier molecular flexibility index (Phi) is 2.80. The summed E-state index contributed by atoms with van der Waals surface area (Å²) < 4.78 is 0. The van der Waals surface area contributed by atoms with Crippen molar-refractivity contribution in [3.63, 3.8) is 0 Å². The molecule has 0 spiro atoms. The highest BCUT2D eigenvalue weighted by Crippen LogP contribution is 2.20. The van der Waals surface area contributed by atoms with Gasteiger partial charge in [0, 0.05) is 6.04 Å². The standard InChI is InChI=1S/C10H13N3O2/c14-10(15)8-5-11-6-9(13-8)12-7-3-1-2-4-7/h5-7H,1-4H2,(H,12,13)(H,14,15). The van der Waals surface area contributed by atoms with Crippen LogP contribution in [0, 0.1) is 0 Å². The molecule has 1 saturated carbocycles. The number of hydrogen-bond donors (Lipinski definition) is 2. The second-order valence-electron chi connectivity index (χ2n) is 3.72. The first-order chi connectivity index (χ1) is 7.25. The molecule has 1 aromatic rings. The Bertz CT molecular complexity index is 361. The van der Waals surface area contributed by atoms with Crippen LogP contribution in [-0.4, -0.2) is 27.1 Å². The molecule has 0 aromatic carbocycles. The zero-order chi connectivity index (χ0) is 10.7. The van der Waals surface area contributed by atoms with Crippen molar-refractivity contribution in [3.8, 4) is 0 Å². The van der Waals surface area contributed by atoms with Crippen LogP contribution in [0.5, 0.6) is 0 Å². The van der Waals surface area contributed by atoms with Crippen LogP contribution in [0.2, 0.25) is 0 Å². The lowest BCUT2D eigenvalue weighted by Gasteiger charge is -2.11. The van der Waals surface area contributed by atoms with Gasteiger partial charge in [-0.3, -0.25) is 4.98 Å². The number of hydrogen-bond acceptors (Lipinski definition) is 4. The Labute approximate surface area is 87.6 Å². The molecule has 1 aliphatic rings. The van der Waals surface area contributed by atoms with E-state index in [0.29, 0.717) is 11.9 Å². The van der Waals surface area contributed by atoms with E-state index in [1.807, 2.05) is 0 Å². The molecule has 1 fully saturated rings.